The van der Waals surface area contributed by atoms with Crippen LogP contribution in [0.25, 0.3) is 0 Å². The van der Waals surface area contributed by atoms with Gasteiger partial charge in [-0.2, -0.15) is 0 Å². The van der Waals surface area contributed by atoms with Gasteiger partial charge in [-0.05, 0) is 38.3 Å². The summed E-state index contributed by atoms with van der Waals surface area (Å²) < 4.78 is 7.92. The third-order valence-corrected chi connectivity index (χ3v) is 5.41. The predicted octanol–water partition coefficient (Wildman–Crippen LogP) is 3.85. The van der Waals surface area contributed by atoms with E-state index >= 15 is 0 Å². The highest BCUT2D eigenvalue weighted by Gasteiger charge is 2.31. The summed E-state index contributed by atoms with van der Waals surface area (Å²) in [6, 6.07) is 7.76. The third-order valence-electron chi connectivity index (χ3n) is 4.04. The van der Waals surface area contributed by atoms with Crippen molar-refractivity contribution < 1.29 is 9.53 Å². The molecule has 3 rings (SSSR count). The molecule has 0 radical (unpaired) electrons. The van der Waals surface area contributed by atoms with Crippen molar-refractivity contribution in [2.24, 2.45) is 0 Å². The highest BCUT2D eigenvalue weighted by molar-refractivity contribution is 8.00. The van der Waals surface area contributed by atoms with Crippen LogP contribution in [0.3, 0.4) is 0 Å². The largest absolute Gasteiger partial charge is 0.484 e. The van der Waals surface area contributed by atoms with E-state index < -0.39 is 0 Å². The molecule has 1 atom stereocenters. The number of amides is 1. The van der Waals surface area contributed by atoms with Gasteiger partial charge in [0.25, 0.3) is 0 Å². The van der Waals surface area contributed by atoms with Crippen LogP contribution in [0.1, 0.15) is 45.0 Å². The standard InChI is InChI=1S/C18H23ClN4O2S/c1-3-10-20-17(24)12(2)26-18-22-21-16(23(18)13-8-9-13)11-25-15-7-5-4-6-14(15)19/h4-7,12-13H,3,8-11H2,1-2H3,(H,20,24). The molecule has 1 heterocycles. The van der Waals surface area contributed by atoms with Gasteiger partial charge in [0.2, 0.25) is 5.91 Å². The minimum Gasteiger partial charge on any atom is -0.484 e. The van der Waals surface area contributed by atoms with Crippen molar-refractivity contribution in [3.8, 4) is 5.75 Å². The maximum atomic E-state index is 12.1. The Morgan fingerprint density at radius 2 is 2.19 bits per heavy atom. The van der Waals surface area contributed by atoms with Gasteiger partial charge in [-0.15, -0.1) is 10.2 Å². The minimum atomic E-state index is -0.222. The van der Waals surface area contributed by atoms with Crippen molar-refractivity contribution in [1.82, 2.24) is 20.1 Å². The zero-order chi connectivity index (χ0) is 18.5. The molecule has 0 saturated heterocycles. The molecular formula is C18H23ClN4O2S. The quantitative estimate of drug-likeness (QED) is 0.654. The van der Waals surface area contributed by atoms with E-state index in [-0.39, 0.29) is 11.2 Å². The average molecular weight is 395 g/mol. The summed E-state index contributed by atoms with van der Waals surface area (Å²) in [5.41, 5.74) is 0. The third kappa shape index (κ3) is 4.71. The Labute approximate surface area is 162 Å². The number of ether oxygens (including phenoxy) is 1. The molecule has 1 saturated carbocycles. The lowest BCUT2D eigenvalue weighted by Gasteiger charge is -2.13. The highest BCUT2D eigenvalue weighted by atomic mass is 35.5. The van der Waals surface area contributed by atoms with Crippen molar-refractivity contribution in [3.63, 3.8) is 0 Å². The Morgan fingerprint density at radius 3 is 2.88 bits per heavy atom. The number of benzene rings is 1. The van der Waals surface area contributed by atoms with Gasteiger partial charge in [-0.1, -0.05) is 42.4 Å². The predicted molar refractivity (Wildman–Crippen MR) is 103 cm³/mol. The second-order valence-electron chi connectivity index (χ2n) is 6.27. The maximum Gasteiger partial charge on any atom is 0.233 e. The summed E-state index contributed by atoms with van der Waals surface area (Å²) in [5, 5.41) is 12.6. The van der Waals surface area contributed by atoms with Gasteiger partial charge >= 0.3 is 0 Å². The van der Waals surface area contributed by atoms with Crippen LogP contribution >= 0.6 is 23.4 Å². The van der Waals surface area contributed by atoms with E-state index in [2.05, 4.69) is 20.1 Å². The van der Waals surface area contributed by atoms with Gasteiger partial charge in [0, 0.05) is 12.6 Å². The molecule has 1 aliphatic carbocycles. The van der Waals surface area contributed by atoms with E-state index in [1.54, 1.807) is 6.07 Å². The lowest BCUT2D eigenvalue weighted by Crippen LogP contribution is -2.31. The van der Waals surface area contributed by atoms with E-state index in [9.17, 15) is 4.79 Å². The maximum absolute atomic E-state index is 12.1. The smallest absolute Gasteiger partial charge is 0.233 e. The average Bonchev–Trinajstić information content (AvgIpc) is 3.40. The molecule has 0 spiro atoms. The lowest BCUT2D eigenvalue weighted by molar-refractivity contribution is -0.120. The first-order valence-electron chi connectivity index (χ1n) is 8.85. The fourth-order valence-electron chi connectivity index (χ4n) is 2.49. The Morgan fingerprint density at radius 1 is 1.42 bits per heavy atom. The Kier molecular flexibility index (Phi) is 6.43. The fraction of sp³-hybridized carbons (Fsp3) is 0.500. The van der Waals surface area contributed by atoms with E-state index in [1.165, 1.54) is 11.8 Å². The van der Waals surface area contributed by atoms with E-state index in [4.69, 9.17) is 16.3 Å². The molecule has 8 heteroatoms. The van der Waals surface area contributed by atoms with Gasteiger partial charge in [0.05, 0.1) is 10.3 Å². The summed E-state index contributed by atoms with van der Waals surface area (Å²) >= 11 is 7.58. The van der Waals surface area contributed by atoms with Gasteiger partial charge < -0.3 is 10.1 Å². The first-order chi connectivity index (χ1) is 12.6. The van der Waals surface area contributed by atoms with Crippen LogP contribution in [0.15, 0.2) is 29.4 Å². The summed E-state index contributed by atoms with van der Waals surface area (Å²) in [5.74, 6) is 1.41. The van der Waals surface area contributed by atoms with Gasteiger partial charge in [0.15, 0.2) is 11.0 Å². The van der Waals surface area contributed by atoms with Crippen LogP contribution in [0, 0.1) is 0 Å². The van der Waals surface area contributed by atoms with Gasteiger partial charge in [-0.25, -0.2) is 0 Å². The SMILES string of the molecule is CCCNC(=O)C(C)Sc1nnc(COc2ccccc2Cl)n1C1CC1. The molecule has 140 valence electrons. The number of nitrogens with one attached hydrogen (secondary N) is 1. The van der Waals surface area contributed by atoms with Crippen molar-refractivity contribution in [2.75, 3.05) is 6.54 Å². The molecule has 6 nitrogen and oxygen atoms in total. The van der Waals surface area contributed by atoms with Gasteiger partial charge in [-0.3, -0.25) is 9.36 Å². The number of carbonyl (C=O) groups is 1. The minimum absolute atomic E-state index is 0.0241. The fourth-order valence-corrected chi connectivity index (χ4v) is 3.65. The number of rotatable bonds is 9. The summed E-state index contributed by atoms with van der Waals surface area (Å²) in [4.78, 5) is 12.1. The number of halogens is 1. The second-order valence-corrected chi connectivity index (χ2v) is 7.99. The summed E-state index contributed by atoms with van der Waals surface area (Å²) in [7, 11) is 0. The molecule has 1 fully saturated rings. The van der Waals surface area contributed by atoms with Crippen molar-refractivity contribution in [1.29, 1.82) is 0 Å². The summed E-state index contributed by atoms with van der Waals surface area (Å²) in [6.07, 6.45) is 3.12. The molecule has 1 aromatic carbocycles. The van der Waals surface area contributed by atoms with Gasteiger partial charge in [0.1, 0.15) is 12.4 Å². The first-order valence-corrected chi connectivity index (χ1v) is 10.1. The number of thioether (sulfide) groups is 1. The summed E-state index contributed by atoms with van der Waals surface area (Å²) in [6.45, 7) is 4.91. The van der Waals surface area contributed by atoms with Crippen LogP contribution in [0.4, 0.5) is 0 Å². The molecule has 1 unspecified atom stereocenters. The van der Waals surface area contributed by atoms with Crippen LogP contribution in [-0.4, -0.2) is 32.5 Å². The number of carbonyl (C=O) groups excluding carboxylic acids is 1. The van der Waals surface area contributed by atoms with Crippen LogP contribution in [0.5, 0.6) is 5.75 Å². The normalized spacial score (nSPS) is 14.9. The van der Waals surface area contributed by atoms with E-state index in [0.29, 0.717) is 30.0 Å². The number of hydrogen-bond acceptors (Lipinski definition) is 5. The number of nitrogens with zero attached hydrogens (tertiary/aromatic N) is 3. The Bertz CT molecular complexity index is 763. The molecule has 1 N–H and O–H groups in total. The molecule has 1 aliphatic rings. The number of para-hydroxylation sites is 1. The molecule has 1 amide bonds. The number of aromatic nitrogens is 3. The topological polar surface area (TPSA) is 69.0 Å². The molecular weight excluding hydrogens is 372 g/mol. The molecule has 0 bridgehead atoms. The Balaban J connectivity index is 1.68. The highest BCUT2D eigenvalue weighted by Crippen LogP contribution is 2.39. The molecule has 26 heavy (non-hydrogen) atoms. The first kappa shape index (κ1) is 19.0. The van der Waals surface area contributed by atoms with E-state index in [1.807, 2.05) is 32.0 Å². The van der Waals surface area contributed by atoms with Crippen LogP contribution in [-0.2, 0) is 11.4 Å². The monoisotopic (exact) mass is 394 g/mol. The van der Waals surface area contributed by atoms with E-state index in [0.717, 1.165) is 30.2 Å². The zero-order valence-corrected chi connectivity index (χ0v) is 16.5. The molecule has 1 aromatic heterocycles. The Hall–Kier alpha value is -1.73. The second kappa shape index (κ2) is 8.77. The zero-order valence-electron chi connectivity index (χ0n) is 14.9. The molecule has 0 aliphatic heterocycles. The van der Waals surface area contributed by atoms with Crippen molar-refractivity contribution in [3.05, 3.63) is 35.1 Å². The molecule has 2 aromatic rings. The van der Waals surface area contributed by atoms with Crippen molar-refractivity contribution in [2.45, 2.75) is 56.2 Å². The lowest BCUT2D eigenvalue weighted by atomic mass is 10.3. The van der Waals surface area contributed by atoms with Crippen LogP contribution in [0.2, 0.25) is 5.02 Å². The van der Waals surface area contributed by atoms with Crippen LogP contribution < -0.4 is 10.1 Å². The van der Waals surface area contributed by atoms with Crippen molar-refractivity contribution >= 4 is 29.3 Å². The number of hydrogen-bond donors (Lipinski definition) is 1.